The maximum Gasteiger partial charge on any atom is 0.124 e. The van der Waals surface area contributed by atoms with Gasteiger partial charge < -0.3 is 4.74 Å². The van der Waals surface area contributed by atoms with E-state index in [1.54, 1.807) is 37.7 Å². The molecule has 5 nitrogen and oxygen atoms in total. The number of hydrogen-bond acceptors (Lipinski definition) is 5. The summed E-state index contributed by atoms with van der Waals surface area (Å²) >= 11 is 6.03. The standard InChI is InChI=1S/C13H15ClN4O/c1-8-6-17-11(7-16-8)13(18-15)10-5-9(14)3-4-12(10)19-2/h3-7,13,18H,15H2,1-2H3. The van der Waals surface area contributed by atoms with Gasteiger partial charge in [-0.1, -0.05) is 11.6 Å². The van der Waals surface area contributed by atoms with Crippen LogP contribution in [0.4, 0.5) is 0 Å². The van der Waals surface area contributed by atoms with Gasteiger partial charge in [0.25, 0.3) is 0 Å². The topological polar surface area (TPSA) is 73.1 Å². The number of nitrogens with two attached hydrogens (primary N) is 1. The molecule has 2 rings (SSSR count). The number of methoxy groups -OCH3 is 1. The molecule has 0 saturated heterocycles. The highest BCUT2D eigenvalue weighted by atomic mass is 35.5. The molecule has 3 N–H and O–H groups in total. The van der Waals surface area contributed by atoms with E-state index in [-0.39, 0.29) is 6.04 Å². The van der Waals surface area contributed by atoms with Crippen LogP contribution in [0.3, 0.4) is 0 Å². The Balaban J connectivity index is 2.47. The molecular formula is C13H15ClN4O. The molecular weight excluding hydrogens is 264 g/mol. The zero-order chi connectivity index (χ0) is 13.8. The summed E-state index contributed by atoms with van der Waals surface area (Å²) in [5.74, 6) is 6.32. The fourth-order valence-electron chi connectivity index (χ4n) is 1.82. The molecule has 0 spiro atoms. The molecule has 0 saturated carbocycles. The van der Waals surface area contributed by atoms with Gasteiger partial charge in [0.2, 0.25) is 0 Å². The van der Waals surface area contributed by atoms with Crippen LogP contribution in [-0.2, 0) is 0 Å². The highest BCUT2D eigenvalue weighted by molar-refractivity contribution is 6.30. The predicted octanol–water partition coefficient (Wildman–Crippen LogP) is 2.00. The predicted molar refractivity (Wildman–Crippen MR) is 73.9 cm³/mol. The normalized spacial score (nSPS) is 12.2. The average molecular weight is 279 g/mol. The number of nitrogens with zero attached hydrogens (tertiary/aromatic N) is 2. The van der Waals surface area contributed by atoms with Gasteiger partial charge in [0.15, 0.2) is 0 Å². The second-order valence-electron chi connectivity index (χ2n) is 4.07. The Morgan fingerprint density at radius 2 is 2.11 bits per heavy atom. The molecule has 1 aromatic carbocycles. The van der Waals surface area contributed by atoms with Crippen LogP contribution in [0.25, 0.3) is 0 Å². The Morgan fingerprint density at radius 1 is 1.32 bits per heavy atom. The molecule has 0 radical (unpaired) electrons. The molecule has 1 unspecified atom stereocenters. The fourth-order valence-corrected chi connectivity index (χ4v) is 2.00. The minimum atomic E-state index is -0.332. The number of ether oxygens (including phenoxy) is 1. The average Bonchev–Trinajstić information content (AvgIpc) is 2.42. The van der Waals surface area contributed by atoms with Crippen molar-refractivity contribution in [1.82, 2.24) is 15.4 Å². The summed E-state index contributed by atoms with van der Waals surface area (Å²) in [6.45, 7) is 1.88. The first-order valence-electron chi connectivity index (χ1n) is 5.74. The highest BCUT2D eigenvalue weighted by Crippen LogP contribution is 2.30. The largest absolute Gasteiger partial charge is 0.496 e. The summed E-state index contributed by atoms with van der Waals surface area (Å²) in [6, 6.07) is 5.02. The van der Waals surface area contributed by atoms with Crippen molar-refractivity contribution < 1.29 is 4.74 Å². The number of hydrazine groups is 1. The van der Waals surface area contributed by atoms with Gasteiger partial charge in [0.1, 0.15) is 5.75 Å². The third kappa shape index (κ3) is 3.01. The van der Waals surface area contributed by atoms with Crippen molar-refractivity contribution in [2.24, 2.45) is 5.84 Å². The molecule has 6 heteroatoms. The number of hydrogen-bond donors (Lipinski definition) is 2. The Labute approximate surface area is 116 Å². The number of halogens is 1. The number of aryl methyl sites for hydroxylation is 1. The zero-order valence-corrected chi connectivity index (χ0v) is 11.5. The fraction of sp³-hybridized carbons (Fsp3) is 0.231. The minimum absolute atomic E-state index is 0.332. The summed E-state index contributed by atoms with van der Waals surface area (Å²) in [7, 11) is 1.60. The third-order valence-electron chi connectivity index (χ3n) is 2.77. The Morgan fingerprint density at radius 3 is 2.68 bits per heavy atom. The summed E-state index contributed by atoms with van der Waals surface area (Å²) in [5, 5.41) is 0.608. The summed E-state index contributed by atoms with van der Waals surface area (Å²) < 4.78 is 5.33. The molecule has 0 fully saturated rings. The van der Waals surface area contributed by atoms with Crippen LogP contribution in [0.5, 0.6) is 5.75 Å². The van der Waals surface area contributed by atoms with Crippen LogP contribution in [0.15, 0.2) is 30.6 Å². The Kier molecular flexibility index (Phi) is 4.31. The van der Waals surface area contributed by atoms with Gasteiger partial charge in [-0.3, -0.25) is 15.8 Å². The quantitative estimate of drug-likeness (QED) is 0.661. The van der Waals surface area contributed by atoms with E-state index in [0.29, 0.717) is 16.5 Å². The molecule has 1 atom stereocenters. The van der Waals surface area contributed by atoms with E-state index in [1.165, 1.54) is 0 Å². The van der Waals surface area contributed by atoms with E-state index < -0.39 is 0 Å². The van der Waals surface area contributed by atoms with Crippen LogP contribution in [0.1, 0.15) is 23.0 Å². The summed E-state index contributed by atoms with van der Waals surface area (Å²) in [5.41, 5.74) is 5.08. The van der Waals surface area contributed by atoms with Crippen LogP contribution in [-0.4, -0.2) is 17.1 Å². The van der Waals surface area contributed by atoms with E-state index in [4.69, 9.17) is 22.2 Å². The molecule has 100 valence electrons. The van der Waals surface area contributed by atoms with Gasteiger partial charge in [-0.05, 0) is 25.1 Å². The summed E-state index contributed by atoms with van der Waals surface area (Å²) in [6.07, 6.45) is 3.37. The maximum atomic E-state index is 6.03. The van der Waals surface area contributed by atoms with Crippen molar-refractivity contribution in [1.29, 1.82) is 0 Å². The van der Waals surface area contributed by atoms with Gasteiger partial charge in [-0.25, -0.2) is 5.43 Å². The Hall–Kier alpha value is -1.69. The molecule has 0 aliphatic carbocycles. The molecule has 1 heterocycles. The first-order valence-corrected chi connectivity index (χ1v) is 6.11. The molecule has 2 aromatic rings. The monoisotopic (exact) mass is 278 g/mol. The molecule has 0 aliphatic rings. The van der Waals surface area contributed by atoms with Crippen molar-refractivity contribution in [2.45, 2.75) is 13.0 Å². The number of aromatic nitrogens is 2. The molecule has 19 heavy (non-hydrogen) atoms. The van der Waals surface area contributed by atoms with Gasteiger partial charge in [-0.15, -0.1) is 0 Å². The van der Waals surface area contributed by atoms with Gasteiger partial charge >= 0.3 is 0 Å². The first kappa shape index (κ1) is 13.7. The van der Waals surface area contributed by atoms with Gasteiger partial charge in [-0.2, -0.15) is 0 Å². The lowest BCUT2D eigenvalue weighted by molar-refractivity contribution is 0.403. The van der Waals surface area contributed by atoms with Crippen molar-refractivity contribution in [2.75, 3.05) is 7.11 Å². The Bertz CT molecular complexity index is 559. The van der Waals surface area contributed by atoms with Crippen LogP contribution < -0.4 is 16.0 Å². The van der Waals surface area contributed by atoms with E-state index in [9.17, 15) is 0 Å². The third-order valence-corrected chi connectivity index (χ3v) is 3.00. The zero-order valence-electron chi connectivity index (χ0n) is 10.7. The SMILES string of the molecule is COc1ccc(Cl)cc1C(NN)c1cnc(C)cn1. The van der Waals surface area contributed by atoms with Crippen molar-refractivity contribution in [3.05, 3.63) is 52.6 Å². The smallest absolute Gasteiger partial charge is 0.124 e. The number of benzene rings is 1. The van der Waals surface area contributed by atoms with Gasteiger partial charge in [0.05, 0.1) is 30.7 Å². The maximum absolute atomic E-state index is 6.03. The van der Waals surface area contributed by atoms with Crippen LogP contribution in [0, 0.1) is 6.92 Å². The molecule has 0 amide bonds. The lowest BCUT2D eigenvalue weighted by atomic mass is 10.0. The number of rotatable bonds is 4. The lowest BCUT2D eigenvalue weighted by Gasteiger charge is -2.18. The highest BCUT2D eigenvalue weighted by Gasteiger charge is 2.19. The minimum Gasteiger partial charge on any atom is -0.496 e. The van der Waals surface area contributed by atoms with Crippen molar-refractivity contribution in [3.8, 4) is 5.75 Å². The van der Waals surface area contributed by atoms with E-state index in [2.05, 4.69) is 15.4 Å². The van der Waals surface area contributed by atoms with E-state index in [0.717, 1.165) is 11.3 Å². The van der Waals surface area contributed by atoms with E-state index >= 15 is 0 Å². The van der Waals surface area contributed by atoms with Crippen LogP contribution in [0.2, 0.25) is 5.02 Å². The second-order valence-corrected chi connectivity index (χ2v) is 4.51. The summed E-state index contributed by atoms with van der Waals surface area (Å²) in [4.78, 5) is 8.55. The molecule has 0 aliphatic heterocycles. The second kappa shape index (κ2) is 5.97. The van der Waals surface area contributed by atoms with Crippen LogP contribution >= 0.6 is 11.6 Å². The molecule has 1 aromatic heterocycles. The van der Waals surface area contributed by atoms with E-state index in [1.807, 2.05) is 6.92 Å². The molecule has 0 bridgehead atoms. The lowest BCUT2D eigenvalue weighted by Crippen LogP contribution is -2.30. The first-order chi connectivity index (χ1) is 9.15. The van der Waals surface area contributed by atoms with Gasteiger partial charge in [0, 0.05) is 16.8 Å². The van der Waals surface area contributed by atoms with Crippen molar-refractivity contribution in [3.63, 3.8) is 0 Å². The van der Waals surface area contributed by atoms with Crippen molar-refractivity contribution >= 4 is 11.6 Å². The number of nitrogens with one attached hydrogen (secondary N) is 1.